The van der Waals surface area contributed by atoms with Crippen LogP contribution in [0.4, 0.5) is 5.69 Å². The van der Waals surface area contributed by atoms with Gasteiger partial charge in [-0.15, -0.1) is 0 Å². The molecule has 1 saturated heterocycles. The SMILES string of the molecule is Cc1cc(OCC(=O)N2CCOCC2)c(C)cc1N. The highest BCUT2D eigenvalue weighted by Gasteiger charge is 2.17. The molecule has 5 heteroatoms. The second kappa shape index (κ2) is 5.93. The molecule has 2 N–H and O–H groups in total. The first kappa shape index (κ1) is 13.7. The van der Waals surface area contributed by atoms with Gasteiger partial charge in [0.25, 0.3) is 5.91 Å². The van der Waals surface area contributed by atoms with E-state index in [1.807, 2.05) is 26.0 Å². The molecule has 1 aliphatic heterocycles. The van der Waals surface area contributed by atoms with E-state index >= 15 is 0 Å². The number of amides is 1. The minimum atomic E-state index is -0.00261. The molecule has 2 rings (SSSR count). The molecule has 1 fully saturated rings. The predicted molar refractivity (Wildman–Crippen MR) is 73.2 cm³/mol. The van der Waals surface area contributed by atoms with Gasteiger partial charge in [0.05, 0.1) is 13.2 Å². The van der Waals surface area contributed by atoms with Gasteiger partial charge in [-0.05, 0) is 37.1 Å². The fourth-order valence-electron chi connectivity index (χ4n) is 2.01. The van der Waals surface area contributed by atoms with Crippen molar-refractivity contribution in [3.63, 3.8) is 0 Å². The largest absolute Gasteiger partial charge is 0.483 e. The lowest BCUT2D eigenvalue weighted by Crippen LogP contribution is -2.43. The van der Waals surface area contributed by atoms with Crippen LogP contribution < -0.4 is 10.5 Å². The summed E-state index contributed by atoms with van der Waals surface area (Å²) in [7, 11) is 0. The molecule has 1 aromatic rings. The van der Waals surface area contributed by atoms with Gasteiger partial charge in [-0.3, -0.25) is 4.79 Å². The summed E-state index contributed by atoms with van der Waals surface area (Å²) in [5.41, 5.74) is 8.46. The number of carbonyl (C=O) groups excluding carboxylic acids is 1. The molecular formula is C14H20N2O3. The van der Waals surface area contributed by atoms with Crippen LogP contribution in [0.5, 0.6) is 5.75 Å². The maximum atomic E-state index is 12.0. The molecule has 0 bridgehead atoms. The number of carbonyl (C=O) groups is 1. The average Bonchev–Trinajstić information content (AvgIpc) is 2.42. The van der Waals surface area contributed by atoms with Gasteiger partial charge in [-0.1, -0.05) is 0 Å². The zero-order valence-electron chi connectivity index (χ0n) is 11.4. The quantitative estimate of drug-likeness (QED) is 0.831. The summed E-state index contributed by atoms with van der Waals surface area (Å²) in [6.45, 7) is 6.39. The van der Waals surface area contributed by atoms with Crippen LogP contribution >= 0.6 is 0 Å². The van der Waals surface area contributed by atoms with E-state index < -0.39 is 0 Å². The lowest BCUT2D eigenvalue weighted by molar-refractivity contribution is -0.137. The second-order valence-electron chi connectivity index (χ2n) is 4.76. The third-order valence-electron chi connectivity index (χ3n) is 3.28. The van der Waals surface area contributed by atoms with E-state index in [9.17, 15) is 4.79 Å². The Labute approximate surface area is 113 Å². The summed E-state index contributed by atoms with van der Waals surface area (Å²) in [6, 6.07) is 3.74. The van der Waals surface area contributed by atoms with Crippen molar-refractivity contribution in [1.29, 1.82) is 0 Å². The lowest BCUT2D eigenvalue weighted by atomic mass is 10.1. The molecule has 0 unspecified atom stereocenters. The number of aryl methyl sites for hydroxylation is 2. The zero-order valence-corrected chi connectivity index (χ0v) is 11.4. The Morgan fingerprint density at radius 3 is 2.68 bits per heavy atom. The summed E-state index contributed by atoms with van der Waals surface area (Å²) < 4.78 is 10.8. The molecule has 1 heterocycles. The summed E-state index contributed by atoms with van der Waals surface area (Å²) in [4.78, 5) is 13.7. The molecule has 19 heavy (non-hydrogen) atoms. The summed E-state index contributed by atoms with van der Waals surface area (Å²) >= 11 is 0. The number of hydrogen-bond donors (Lipinski definition) is 1. The molecule has 1 aromatic carbocycles. The number of rotatable bonds is 3. The first-order chi connectivity index (χ1) is 9.08. The van der Waals surface area contributed by atoms with Crippen LogP contribution in [0.15, 0.2) is 12.1 Å². The Bertz CT molecular complexity index is 468. The van der Waals surface area contributed by atoms with Crippen LogP contribution in [0.1, 0.15) is 11.1 Å². The van der Waals surface area contributed by atoms with Crippen molar-refractivity contribution in [2.75, 3.05) is 38.6 Å². The topological polar surface area (TPSA) is 64.8 Å². The Hall–Kier alpha value is -1.75. The molecule has 104 valence electrons. The van der Waals surface area contributed by atoms with E-state index in [2.05, 4.69) is 0 Å². The Balaban J connectivity index is 1.94. The predicted octanol–water partition coefficient (Wildman–Crippen LogP) is 1.12. The molecule has 5 nitrogen and oxygen atoms in total. The van der Waals surface area contributed by atoms with Crippen molar-refractivity contribution in [2.24, 2.45) is 0 Å². The van der Waals surface area contributed by atoms with Gasteiger partial charge in [0.2, 0.25) is 0 Å². The van der Waals surface area contributed by atoms with Gasteiger partial charge < -0.3 is 20.1 Å². The standard InChI is InChI=1S/C14H20N2O3/c1-10-8-13(11(2)7-12(10)15)19-9-14(17)16-3-5-18-6-4-16/h7-8H,3-6,9,15H2,1-2H3. The number of ether oxygens (including phenoxy) is 2. The van der Waals surface area contributed by atoms with E-state index in [4.69, 9.17) is 15.2 Å². The smallest absolute Gasteiger partial charge is 0.260 e. The van der Waals surface area contributed by atoms with Crippen LogP contribution in [0.3, 0.4) is 0 Å². The minimum Gasteiger partial charge on any atom is -0.483 e. The van der Waals surface area contributed by atoms with Crippen molar-refractivity contribution < 1.29 is 14.3 Å². The van der Waals surface area contributed by atoms with Crippen LogP contribution in [0.25, 0.3) is 0 Å². The molecule has 0 spiro atoms. The van der Waals surface area contributed by atoms with E-state index in [-0.39, 0.29) is 12.5 Å². The number of nitrogens with zero attached hydrogens (tertiary/aromatic N) is 1. The van der Waals surface area contributed by atoms with Crippen molar-refractivity contribution in [3.05, 3.63) is 23.3 Å². The average molecular weight is 264 g/mol. The maximum Gasteiger partial charge on any atom is 0.260 e. The fourth-order valence-corrected chi connectivity index (χ4v) is 2.01. The molecule has 0 saturated carbocycles. The minimum absolute atomic E-state index is 0.00261. The second-order valence-corrected chi connectivity index (χ2v) is 4.76. The lowest BCUT2D eigenvalue weighted by Gasteiger charge is -2.26. The van der Waals surface area contributed by atoms with Crippen molar-refractivity contribution >= 4 is 11.6 Å². The Morgan fingerprint density at radius 2 is 2.00 bits per heavy atom. The van der Waals surface area contributed by atoms with E-state index in [1.165, 1.54) is 0 Å². The number of hydrogen-bond acceptors (Lipinski definition) is 4. The maximum absolute atomic E-state index is 12.0. The molecule has 0 aliphatic carbocycles. The van der Waals surface area contributed by atoms with Gasteiger partial charge in [0.1, 0.15) is 5.75 Å². The monoisotopic (exact) mass is 264 g/mol. The molecular weight excluding hydrogens is 244 g/mol. The van der Waals surface area contributed by atoms with E-state index in [1.54, 1.807) is 4.90 Å². The fraction of sp³-hybridized carbons (Fsp3) is 0.500. The van der Waals surface area contributed by atoms with Crippen molar-refractivity contribution in [2.45, 2.75) is 13.8 Å². The highest BCUT2D eigenvalue weighted by molar-refractivity contribution is 5.78. The van der Waals surface area contributed by atoms with Crippen LogP contribution in [0, 0.1) is 13.8 Å². The molecule has 0 radical (unpaired) electrons. The first-order valence-electron chi connectivity index (χ1n) is 6.43. The zero-order chi connectivity index (χ0) is 13.8. The van der Waals surface area contributed by atoms with Gasteiger partial charge in [0.15, 0.2) is 6.61 Å². The molecule has 0 aromatic heterocycles. The third-order valence-corrected chi connectivity index (χ3v) is 3.28. The highest BCUT2D eigenvalue weighted by Crippen LogP contribution is 2.24. The number of nitrogen functional groups attached to an aromatic ring is 1. The Kier molecular flexibility index (Phi) is 4.27. The first-order valence-corrected chi connectivity index (χ1v) is 6.43. The van der Waals surface area contributed by atoms with Gasteiger partial charge >= 0.3 is 0 Å². The van der Waals surface area contributed by atoms with Crippen LogP contribution in [-0.4, -0.2) is 43.7 Å². The summed E-state index contributed by atoms with van der Waals surface area (Å²) in [5, 5.41) is 0. The van der Waals surface area contributed by atoms with E-state index in [0.29, 0.717) is 32.1 Å². The number of benzene rings is 1. The van der Waals surface area contributed by atoms with Crippen LogP contribution in [0.2, 0.25) is 0 Å². The van der Waals surface area contributed by atoms with Crippen molar-refractivity contribution in [1.82, 2.24) is 4.90 Å². The van der Waals surface area contributed by atoms with E-state index in [0.717, 1.165) is 16.8 Å². The number of nitrogens with two attached hydrogens (primary N) is 1. The number of morpholine rings is 1. The summed E-state index contributed by atoms with van der Waals surface area (Å²) in [6.07, 6.45) is 0. The molecule has 1 amide bonds. The van der Waals surface area contributed by atoms with Gasteiger partial charge in [-0.2, -0.15) is 0 Å². The summed E-state index contributed by atoms with van der Waals surface area (Å²) in [5.74, 6) is 0.713. The normalized spacial score (nSPS) is 15.4. The van der Waals surface area contributed by atoms with Crippen molar-refractivity contribution in [3.8, 4) is 5.75 Å². The van der Waals surface area contributed by atoms with Gasteiger partial charge in [-0.25, -0.2) is 0 Å². The molecule has 0 atom stereocenters. The Morgan fingerprint density at radius 1 is 1.32 bits per heavy atom. The van der Waals surface area contributed by atoms with Crippen LogP contribution in [-0.2, 0) is 9.53 Å². The molecule has 1 aliphatic rings. The van der Waals surface area contributed by atoms with Gasteiger partial charge in [0, 0.05) is 18.8 Å². The highest BCUT2D eigenvalue weighted by atomic mass is 16.5. The third kappa shape index (κ3) is 3.38. The number of anilines is 1.